The van der Waals surface area contributed by atoms with Crippen LogP contribution >= 0.6 is 0 Å². The maximum absolute atomic E-state index is 6.04. The van der Waals surface area contributed by atoms with Crippen molar-refractivity contribution in [1.82, 2.24) is 9.78 Å². The van der Waals surface area contributed by atoms with Crippen molar-refractivity contribution in [3.05, 3.63) is 18.0 Å². The molecule has 0 amide bonds. The highest BCUT2D eigenvalue weighted by atomic mass is 15.3. The van der Waals surface area contributed by atoms with Crippen molar-refractivity contribution >= 4 is 0 Å². The Labute approximate surface area is 104 Å². The van der Waals surface area contributed by atoms with Gasteiger partial charge in [-0.05, 0) is 25.2 Å². The average Bonchev–Trinajstić information content (AvgIpc) is 2.87. The number of hydrogen-bond donors (Lipinski definition) is 1. The molecule has 0 radical (unpaired) electrons. The van der Waals surface area contributed by atoms with Crippen LogP contribution in [-0.2, 0) is 0 Å². The van der Waals surface area contributed by atoms with Crippen LogP contribution in [0.3, 0.4) is 0 Å². The van der Waals surface area contributed by atoms with Gasteiger partial charge in [0.05, 0.1) is 12.2 Å². The lowest BCUT2D eigenvalue weighted by molar-refractivity contribution is 0.247. The lowest BCUT2D eigenvalue weighted by atomic mass is 9.84. The molecule has 2 N–H and O–H groups in total. The molecule has 3 nitrogen and oxygen atoms in total. The Morgan fingerprint density at radius 3 is 3.00 bits per heavy atom. The van der Waals surface area contributed by atoms with E-state index in [2.05, 4.69) is 29.8 Å². The van der Waals surface area contributed by atoms with Gasteiger partial charge >= 0.3 is 0 Å². The molecule has 1 saturated carbocycles. The third kappa shape index (κ3) is 2.89. The van der Waals surface area contributed by atoms with E-state index in [1.165, 1.54) is 37.7 Å². The largest absolute Gasteiger partial charge is 0.324 e. The van der Waals surface area contributed by atoms with E-state index in [9.17, 15) is 0 Å². The molecule has 1 fully saturated rings. The first kappa shape index (κ1) is 12.6. The van der Waals surface area contributed by atoms with Crippen molar-refractivity contribution in [1.29, 1.82) is 0 Å². The minimum absolute atomic E-state index is 0.148. The van der Waals surface area contributed by atoms with Crippen molar-refractivity contribution in [2.75, 3.05) is 0 Å². The third-order valence-electron chi connectivity index (χ3n) is 4.20. The van der Waals surface area contributed by atoms with E-state index in [0.29, 0.717) is 6.04 Å². The predicted octanol–water partition coefficient (Wildman–Crippen LogP) is 3.43. The summed E-state index contributed by atoms with van der Waals surface area (Å²) in [5.74, 6) is 0.890. The Kier molecular flexibility index (Phi) is 4.21. The van der Waals surface area contributed by atoms with E-state index in [4.69, 9.17) is 5.73 Å². The van der Waals surface area contributed by atoms with Crippen LogP contribution in [0, 0.1) is 5.92 Å². The molecule has 0 aromatic carbocycles. The van der Waals surface area contributed by atoms with Crippen molar-refractivity contribution in [2.24, 2.45) is 11.7 Å². The van der Waals surface area contributed by atoms with E-state index < -0.39 is 0 Å². The highest BCUT2D eigenvalue weighted by Gasteiger charge is 2.22. The van der Waals surface area contributed by atoms with Gasteiger partial charge in [-0.2, -0.15) is 5.10 Å². The van der Waals surface area contributed by atoms with Gasteiger partial charge in [-0.25, -0.2) is 0 Å². The van der Waals surface area contributed by atoms with Gasteiger partial charge in [0, 0.05) is 17.8 Å². The zero-order valence-electron chi connectivity index (χ0n) is 11.1. The second kappa shape index (κ2) is 5.67. The van der Waals surface area contributed by atoms with E-state index in [1.807, 2.05) is 6.20 Å². The molecule has 0 bridgehead atoms. The zero-order valence-corrected chi connectivity index (χ0v) is 11.1. The van der Waals surface area contributed by atoms with Crippen molar-refractivity contribution in [3.8, 4) is 0 Å². The van der Waals surface area contributed by atoms with E-state index >= 15 is 0 Å². The molecule has 1 heterocycles. The molecule has 1 aliphatic carbocycles. The van der Waals surface area contributed by atoms with Crippen LogP contribution in [0.1, 0.15) is 70.0 Å². The summed E-state index contributed by atoms with van der Waals surface area (Å²) in [6, 6.07) is 0.751. The predicted molar refractivity (Wildman–Crippen MR) is 70.7 cm³/mol. The molecule has 1 aliphatic rings. The lowest BCUT2D eigenvalue weighted by Gasteiger charge is -2.28. The fraction of sp³-hybridized carbons (Fsp3) is 0.786. The van der Waals surface area contributed by atoms with Gasteiger partial charge in [0.2, 0.25) is 0 Å². The highest BCUT2D eigenvalue weighted by Crippen LogP contribution is 2.34. The minimum Gasteiger partial charge on any atom is -0.324 e. The van der Waals surface area contributed by atoms with E-state index in [1.54, 1.807) is 0 Å². The molecule has 1 aromatic heterocycles. The zero-order chi connectivity index (χ0) is 12.3. The maximum Gasteiger partial charge on any atom is 0.0537 e. The summed E-state index contributed by atoms with van der Waals surface area (Å²) in [5, 5.41) is 4.51. The molecule has 0 spiro atoms. The molecule has 17 heavy (non-hydrogen) atoms. The lowest BCUT2D eigenvalue weighted by Crippen LogP contribution is -2.19. The summed E-state index contributed by atoms with van der Waals surface area (Å²) in [7, 11) is 0. The number of rotatable bonds is 4. The normalized spacial score (nSPS) is 27.0. The molecule has 3 unspecified atom stereocenters. The molecular weight excluding hydrogens is 210 g/mol. The minimum atomic E-state index is 0.148. The van der Waals surface area contributed by atoms with Crippen LogP contribution < -0.4 is 5.73 Å². The smallest absolute Gasteiger partial charge is 0.0537 e. The molecule has 96 valence electrons. The molecule has 0 aliphatic heterocycles. The van der Waals surface area contributed by atoms with Crippen molar-refractivity contribution in [3.63, 3.8) is 0 Å². The number of nitrogens with two attached hydrogens (primary N) is 1. The summed E-state index contributed by atoms with van der Waals surface area (Å²) in [6.07, 6.45) is 11.7. The van der Waals surface area contributed by atoms with Gasteiger partial charge in [-0.15, -0.1) is 0 Å². The number of nitrogens with zero attached hydrogens (tertiary/aromatic N) is 2. The monoisotopic (exact) mass is 235 g/mol. The average molecular weight is 235 g/mol. The fourth-order valence-electron chi connectivity index (χ4n) is 2.85. The summed E-state index contributed by atoms with van der Waals surface area (Å²) >= 11 is 0. The Morgan fingerprint density at radius 2 is 2.29 bits per heavy atom. The quantitative estimate of drug-likeness (QED) is 0.868. The van der Waals surface area contributed by atoms with Crippen molar-refractivity contribution < 1.29 is 0 Å². The van der Waals surface area contributed by atoms with Crippen LogP contribution in [0.2, 0.25) is 0 Å². The van der Waals surface area contributed by atoms with Crippen LogP contribution in [0.4, 0.5) is 0 Å². The highest BCUT2D eigenvalue weighted by molar-refractivity contribution is 5.09. The Bertz CT molecular complexity index is 345. The second-order valence-corrected chi connectivity index (χ2v) is 5.36. The standard InChI is InChI=1S/C14H25N3/c1-3-11-6-5-7-13(8-11)17-10-12(9-16-17)14(15)4-2/h9-11,13-14H,3-8,15H2,1-2H3. The molecule has 1 aromatic rings. The Hall–Kier alpha value is -0.830. The summed E-state index contributed by atoms with van der Waals surface area (Å²) in [4.78, 5) is 0. The Balaban J connectivity index is 2.04. The number of hydrogen-bond acceptors (Lipinski definition) is 2. The van der Waals surface area contributed by atoms with Crippen LogP contribution in [0.25, 0.3) is 0 Å². The fourth-order valence-corrected chi connectivity index (χ4v) is 2.85. The van der Waals surface area contributed by atoms with Crippen LogP contribution in [-0.4, -0.2) is 9.78 Å². The Morgan fingerprint density at radius 1 is 1.47 bits per heavy atom. The summed E-state index contributed by atoms with van der Waals surface area (Å²) in [5.41, 5.74) is 7.22. The van der Waals surface area contributed by atoms with Gasteiger partial charge in [0.25, 0.3) is 0 Å². The van der Waals surface area contributed by atoms with Gasteiger partial charge in [0.15, 0.2) is 0 Å². The second-order valence-electron chi connectivity index (χ2n) is 5.36. The van der Waals surface area contributed by atoms with Crippen LogP contribution in [0.15, 0.2) is 12.4 Å². The maximum atomic E-state index is 6.04. The first-order chi connectivity index (χ1) is 8.24. The van der Waals surface area contributed by atoms with E-state index in [-0.39, 0.29) is 6.04 Å². The molecule has 2 rings (SSSR count). The van der Waals surface area contributed by atoms with Crippen LogP contribution in [0.5, 0.6) is 0 Å². The van der Waals surface area contributed by atoms with E-state index in [0.717, 1.165) is 12.3 Å². The first-order valence-electron chi connectivity index (χ1n) is 7.04. The number of aromatic nitrogens is 2. The summed E-state index contributed by atoms with van der Waals surface area (Å²) < 4.78 is 2.16. The topological polar surface area (TPSA) is 43.8 Å². The third-order valence-corrected chi connectivity index (χ3v) is 4.20. The first-order valence-corrected chi connectivity index (χ1v) is 7.04. The van der Waals surface area contributed by atoms with Gasteiger partial charge in [-0.3, -0.25) is 4.68 Å². The molecule has 3 atom stereocenters. The molecular formula is C14H25N3. The molecule has 0 saturated heterocycles. The van der Waals surface area contributed by atoms with Gasteiger partial charge in [0.1, 0.15) is 0 Å². The summed E-state index contributed by atoms with van der Waals surface area (Å²) in [6.45, 7) is 4.42. The molecule has 3 heteroatoms. The van der Waals surface area contributed by atoms with Gasteiger partial charge in [-0.1, -0.05) is 33.1 Å². The SMILES string of the molecule is CCC1CCCC(n2cc(C(N)CC)cn2)C1. The van der Waals surface area contributed by atoms with Crippen molar-refractivity contribution in [2.45, 2.75) is 64.5 Å². The van der Waals surface area contributed by atoms with Gasteiger partial charge < -0.3 is 5.73 Å².